The quantitative estimate of drug-likeness (QED) is 0.434. The lowest BCUT2D eigenvalue weighted by atomic mass is 10.1. The van der Waals surface area contributed by atoms with Gasteiger partial charge in [0.25, 0.3) is 0 Å². The first-order chi connectivity index (χ1) is 5.27. The molecule has 11 heavy (non-hydrogen) atoms. The van der Waals surface area contributed by atoms with Crippen LogP contribution in [0, 0.1) is 0 Å². The van der Waals surface area contributed by atoms with Gasteiger partial charge >= 0.3 is 0 Å². The summed E-state index contributed by atoms with van der Waals surface area (Å²) in [4.78, 5) is 0. The maximum absolute atomic E-state index is 9.17. The van der Waals surface area contributed by atoms with Gasteiger partial charge in [-0.2, -0.15) is 0 Å². The Morgan fingerprint density at radius 2 is 2.18 bits per heavy atom. The molecule has 0 fully saturated rings. The van der Waals surface area contributed by atoms with Crippen LogP contribution in [0.15, 0.2) is 12.2 Å². The molecule has 0 aliphatic carbocycles. The Hall–Kier alpha value is -0.420. The average Bonchev–Trinajstić information content (AvgIpc) is 2.05. The molecule has 0 aromatic carbocycles. The molecule has 1 rings (SSSR count). The molecule has 0 spiro atoms. The molecule has 0 saturated heterocycles. The van der Waals surface area contributed by atoms with E-state index in [0.717, 1.165) is 0 Å². The molecule has 1 aliphatic rings. The average molecular weight is 159 g/mol. The molecule has 4 nitrogen and oxygen atoms in total. The lowest BCUT2D eigenvalue weighted by molar-refractivity contribution is -0.0760. The summed E-state index contributed by atoms with van der Waals surface area (Å²) in [5.41, 5.74) is 5.33. The van der Waals surface area contributed by atoms with Crippen LogP contribution in [0.2, 0.25) is 0 Å². The standard InChI is InChI=1S/C7H13NO3/c8-3-5-1-2-6(10)7(4-9)11-5/h1-2,5-7,9-10H,3-4,8H2. The smallest absolute Gasteiger partial charge is 0.111 e. The van der Waals surface area contributed by atoms with Crippen molar-refractivity contribution in [2.24, 2.45) is 5.73 Å². The van der Waals surface area contributed by atoms with Crippen LogP contribution in [0.3, 0.4) is 0 Å². The van der Waals surface area contributed by atoms with E-state index < -0.39 is 12.2 Å². The van der Waals surface area contributed by atoms with E-state index in [1.807, 2.05) is 0 Å². The Balaban J connectivity index is 2.52. The first-order valence-corrected chi connectivity index (χ1v) is 3.60. The lowest BCUT2D eigenvalue weighted by Crippen LogP contribution is -2.40. The number of rotatable bonds is 2. The maximum atomic E-state index is 9.17. The summed E-state index contributed by atoms with van der Waals surface area (Å²) in [5.74, 6) is 0. The predicted molar refractivity (Wildman–Crippen MR) is 39.9 cm³/mol. The Labute approximate surface area is 65.3 Å². The van der Waals surface area contributed by atoms with Crippen molar-refractivity contribution in [3.05, 3.63) is 12.2 Å². The van der Waals surface area contributed by atoms with Crippen LogP contribution in [-0.2, 0) is 4.74 Å². The van der Waals surface area contributed by atoms with Gasteiger partial charge < -0.3 is 20.7 Å². The van der Waals surface area contributed by atoms with Gasteiger partial charge in [0, 0.05) is 6.54 Å². The van der Waals surface area contributed by atoms with Crippen LogP contribution < -0.4 is 5.73 Å². The van der Waals surface area contributed by atoms with Crippen molar-refractivity contribution in [3.8, 4) is 0 Å². The van der Waals surface area contributed by atoms with E-state index in [1.54, 1.807) is 12.2 Å². The van der Waals surface area contributed by atoms with Crippen LogP contribution in [0.4, 0.5) is 0 Å². The highest BCUT2D eigenvalue weighted by molar-refractivity contribution is 5.02. The van der Waals surface area contributed by atoms with Gasteiger partial charge in [-0.15, -0.1) is 0 Å². The van der Waals surface area contributed by atoms with Gasteiger partial charge in [0.2, 0.25) is 0 Å². The molecule has 1 aliphatic heterocycles. The predicted octanol–water partition coefficient (Wildman–Crippen LogP) is -1.38. The number of aliphatic hydroxyl groups is 2. The molecule has 3 atom stereocenters. The molecule has 0 aromatic rings. The van der Waals surface area contributed by atoms with Gasteiger partial charge in [0.1, 0.15) is 12.2 Å². The van der Waals surface area contributed by atoms with E-state index in [2.05, 4.69) is 0 Å². The zero-order valence-electron chi connectivity index (χ0n) is 6.18. The summed E-state index contributed by atoms with van der Waals surface area (Å²) in [5, 5.41) is 17.9. The lowest BCUT2D eigenvalue weighted by Gasteiger charge is -2.27. The molecule has 0 saturated carbocycles. The number of ether oxygens (including phenoxy) is 1. The molecule has 4 N–H and O–H groups in total. The van der Waals surface area contributed by atoms with Crippen LogP contribution in [0.1, 0.15) is 0 Å². The third-order valence-corrected chi connectivity index (χ3v) is 1.67. The number of hydrogen-bond donors (Lipinski definition) is 3. The third kappa shape index (κ3) is 2.00. The summed E-state index contributed by atoms with van der Waals surface area (Å²) in [6.45, 7) is 0.196. The van der Waals surface area contributed by atoms with Crippen molar-refractivity contribution >= 4 is 0 Å². The van der Waals surface area contributed by atoms with E-state index in [4.69, 9.17) is 20.7 Å². The highest BCUT2D eigenvalue weighted by Crippen LogP contribution is 2.11. The van der Waals surface area contributed by atoms with Crippen molar-refractivity contribution in [2.75, 3.05) is 13.2 Å². The summed E-state index contributed by atoms with van der Waals surface area (Å²) >= 11 is 0. The van der Waals surface area contributed by atoms with Crippen LogP contribution in [-0.4, -0.2) is 41.7 Å². The second-order valence-corrected chi connectivity index (χ2v) is 2.51. The van der Waals surface area contributed by atoms with Gasteiger partial charge in [0.15, 0.2) is 0 Å². The minimum Gasteiger partial charge on any atom is -0.394 e. The minimum atomic E-state index is -0.706. The molecule has 4 heteroatoms. The van der Waals surface area contributed by atoms with Crippen molar-refractivity contribution in [2.45, 2.75) is 18.3 Å². The molecular formula is C7H13NO3. The fraction of sp³-hybridized carbons (Fsp3) is 0.714. The first-order valence-electron chi connectivity index (χ1n) is 3.60. The van der Waals surface area contributed by atoms with Gasteiger partial charge in [-0.05, 0) is 0 Å². The fourth-order valence-electron chi connectivity index (χ4n) is 0.997. The van der Waals surface area contributed by atoms with Crippen molar-refractivity contribution in [3.63, 3.8) is 0 Å². The SMILES string of the molecule is NCC1C=CC(O)C(CO)O1. The Bertz CT molecular complexity index is 149. The Morgan fingerprint density at radius 3 is 2.73 bits per heavy atom. The topological polar surface area (TPSA) is 75.7 Å². The Kier molecular flexibility index (Phi) is 3.02. The zero-order valence-corrected chi connectivity index (χ0v) is 6.18. The van der Waals surface area contributed by atoms with Crippen LogP contribution in [0.5, 0.6) is 0 Å². The van der Waals surface area contributed by atoms with Crippen LogP contribution >= 0.6 is 0 Å². The third-order valence-electron chi connectivity index (χ3n) is 1.67. The molecule has 1 heterocycles. The van der Waals surface area contributed by atoms with E-state index in [9.17, 15) is 0 Å². The van der Waals surface area contributed by atoms with Crippen LogP contribution in [0.25, 0.3) is 0 Å². The van der Waals surface area contributed by atoms with E-state index in [0.29, 0.717) is 6.54 Å². The molecule has 0 radical (unpaired) electrons. The summed E-state index contributed by atoms with van der Waals surface area (Å²) in [6, 6.07) is 0. The van der Waals surface area contributed by atoms with Crippen molar-refractivity contribution in [1.82, 2.24) is 0 Å². The molecule has 0 amide bonds. The van der Waals surface area contributed by atoms with E-state index in [-0.39, 0.29) is 12.7 Å². The largest absolute Gasteiger partial charge is 0.394 e. The van der Waals surface area contributed by atoms with Gasteiger partial charge in [-0.3, -0.25) is 0 Å². The second-order valence-electron chi connectivity index (χ2n) is 2.51. The van der Waals surface area contributed by atoms with Crippen molar-refractivity contribution in [1.29, 1.82) is 0 Å². The highest BCUT2D eigenvalue weighted by atomic mass is 16.5. The van der Waals surface area contributed by atoms with Gasteiger partial charge in [0.05, 0.1) is 12.7 Å². The summed E-state index contributed by atoms with van der Waals surface area (Å²) in [7, 11) is 0. The van der Waals surface area contributed by atoms with Crippen molar-refractivity contribution < 1.29 is 14.9 Å². The van der Waals surface area contributed by atoms with Gasteiger partial charge in [-0.1, -0.05) is 12.2 Å². The molecular weight excluding hydrogens is 146 g/mol. The highest BCUT2D eigenvalue weighted by Gasteiger charge is 2.23. The van der Waals surface area contributed by atoms with Gasteiger partial charge in [-0.25, -0.2) is 0 Å². The molecule has 0 aromatic heterocycles. The maximum Gasteiger partial charge on any atom is 0.111 e. The molecule has 3 unspecified atom stereocenters. The zero-order chi connectivity index (χ0) is 8.27. The summed E-state index contributed by atoms with van der Waals surface area (Å²) < 4.78 is 5.19. The fourth-order valence-corrected chi connectivity index (χ4v) is 0.997. The number of aliphatic hydroxyl groups excluding tert-OH is 2. The second kappa shape index (κ2) is 3.82. The monoisotopic (exact) mass is 159 g/mol. The molecule has 64 valence electrons. The first kappa shape index (κ1) is 8.67. The molecule has 0 bridgehead atoms. The van der Waals surface area contributed by atoms with E-state index in [1.165, 1.54) is 0 Å². The van der Waals surface area contributed by atoms with E-state index >= 15 is 0 Å². The number of nitrogens with two attached hydrogens (primary N) is 1. The summed E-state index contributed by atoms with van der Waals surface area (Å²) in [6.07, 6.45) is 1.91. The Morgan fingerprint density at radius 1 is 1.45 bits per heavy atom. The normalized spacial score (nSPS) is 37.5. The number of hydrogen-bond acceptors (Lipinski definition) is 4. The minimum absolute atomic E-state index is 0.171.